The van der Waals surface area contributed by atoms with Crippen molar-refractivity contribution in [1.29, 1.82) is 0 Å². The van der Waals surface area contributed by atoms with E-state index < -0.39 is 5.92 Å². The molecule has 0 fully saturated rings. The van der Waals surface area contributed by atoms with E-state index in [1.165, 1.54) is 0 Å². The highest BCUT2D eigenvalue weighted by atomic mass is 16.5. The van der Waals surface area contributed by atoms with E-state index in [1.54, 1.807) is 30.3 Å². The molecule has 0 unspecified atom stereocenters. The number of ether oxygens (including phenoxy) is 1. The van der Waals surface area contributed by atoms with Crippen molar-refractivity contribution in [2.45, 2.75) is 12.8 Å². The molecule has 5 nitrogen and oxygen atoms in total. The maximum Gasteiger partial charge on any atom is 0.319 e. The van der Waals surface area contributed by atoms with Crippen LogP contribution in [0.15, 0.2) is 84.0 Å². The number of para-hydroxylation sites is 2. The van der Waals surface area contributed by atoms with Crippen molar-refractivity contribution in [3.63, 3.8) is 0 Å². The Morgan fingerprint density at radius 1 is 1.00 bits per heavy atom. The third-order valence-electron chi connectivity index (χ3n) is 4.89. The number of hydrogen-bond donors (Lipinski definition) is 2. The van der Waals surface area contributed by atoms with Gasteiger partial charge in [0.05, 0.1) is 17.3 Å². The lowest BCUT2D eigenvalue weighted by Crippen LogP contribution is -2.26. The van der Waals surface area contributed by atoms with Gasteiger partial charge in [0, 0.05) is 11.5 Å². The second-order valence-electron chi connectivity index (χ2n) is 6.75. The summed E-state index contributed by atoms with van der Waals surface area (Å²) in [7, 11) is 0. The molecule has 3 aromatic carbocycles. The van der Waals surface area contributed by atoms with Crippen LogP contribution in [0.25, 0.3) is 0 Å². The lowest BCUT2D eigenvalue weighted by atomic mass is 9.83. The molecule has 5 heteroatoms. The first-order chi connectivity index (χ1) is 13.6. The molecule has 2 N–H and O–H groups in total. The van der Waals surface area contributed by atoms with Crippen molar-refractivity contribution in [2.24, 2.45) is 11.0 Å². The summed E-state index contributed by atoms with van der Waals surface area (Å²) < 4.78 is 5.45. The van der Waals surface area contributed by atoms with E-state index in [4.69, 9.17) is 4.74 Å². The first kappa shape index (κ1) is 17.8. The third kappa shape index (κ3) is 3.47. The summed E-state index contributed by atoms with van der Waals surface area (Å²) in [4.78, 5) is 12.6. The van der Waals surface area contributed by atoms with Crippen LogP contribution in [0.4, 0.5) is 5.69 Å². The Morgan fingerprint density at radius 3 is 2.43 bits per heavy atom. The van der Waals surface area contributed by atoms with Gasteiger partial charge in [0.15, 0.2) is 0 Å². The van der Waals surface area contributed by atoms with E-state index in [2.05, 4.69) is 10.5 Å². The Balaban J connectivity index is 1.72. The number of nitrogens with one attached hydrogen (secondary N) is 1. The molecule has 4 rings (SSSR count). The zero-order chi connectivity index (χ0) is 19.5. The summed E-state index contributed by atoms with van der Waals surface area (Å²) in [6, 6.07) is 23.9. The highest BCUT2D eigenvalue weighted by Crippen LogP contribution is 2.40. The number of carbonyl (C=O) groups excluding carboxylic acids is 1. The van der Waals surface area contributed by atoms with Crippen LogP contribution in [-0.2, 0) is 4.79 Å². The Morgan fingerprint density at radius 2 is 1.68 bits per heavy atom. The van der Waals surface area contributed by atoms with Gasteiger partial charge in [-0.15, -0.1) is 0 Å². The Labute approximate surface area is 163 Å². The Bertz CT molecular complexity index is 1010. The second-order valence-corrected chi connectivity index (χ2v) is 6.75. The van der Waals surface area contributed by atoms with Gasteiger partial charge in [-0.05, 0) is 48.0 Å². The largest absolute Gasteiger partial charge is 0.508 e. The molecule has 140 valence electrons. The van der Waals surface area contributed by atoms with Gasteiger partial charge in [-0.1, -0.05) is 43.3 Å². The van der Waals surface area contributed by atoms with E-state index in [0.29, 0.717) is 11.5 Å². The molecule has 0 saturated heterocycles. The van der Waals surface area contributed by atoms with Gasteiger partial charge < -0.3 is 9.84 Å². The van der Waals surface area contributed by atoms with Crippen molar-refractivity contribution < 1.29 is 14.6 Å². The monoisotopic (exact) mass is 372 g/mol. The van der Waals surface area contributed by atoms with E-state index in [1.807, 2.05) is 55.5 Å². The number of anilines is 1. The van der Waals surface area contributed by atoms with Crippen LogP contribution in [0.5, 0.6) is 11.5 Å². The molecule has 28 heavy (non-hydrogen) atoms. The van der Waals surface area contributed by atoms with Crippen LogP contribution >= 0.6 is 0 Å². The highest BCUT2D eigenvalue weighted by molar-refractivity contribution is 6.06. The number of rotatable bonds is 5. The van der Waals surface area contributed by atoms with Crippen molar-refractivity contribution in [3.05, 3.63) is 90.0 Å². The average Bonchev–Trinajstić information content (AvgIpc) is 3.05. The van der Waals surface area contributed by atoms with Crippen LogP contribution in [0.3, 0.4) is 0 Å². The van der Waals surface area contributed by atoms with Crippen LogP contribution in [0, 0.1) is 5.92 Å². The van der Waals surface area contributed by atoms with Gasteiger partial charge in [0.2, 0.25) is 0 Å². The molecule has 2 atom stereocenters. The van der Waals surface area contributed by atoms with Gasteiger partial charge in [0.1, 0.15) is 11.5 Å². The molecule has 1 aliphatic heterocycles. The molecule has 0 aromatic heterocycles. The molecular formula is C23H20N2O3. The number of hydrazone groups is 1. The molecular weight excluding hydrogens is 352 g/mol. The molecule has 0 aliphatic carbocycles. The molecule has 1 aliphatic rings. The van der Waals surface area contributed by atoms with Gasteiger partial charge >= 0.3 is 5.97 Å². The summed E-state index contributed by atoms with van der Waals surface area (Å²) in [6.07, 6.45) is 0. The number of fused-ring (bicyclic) bond motifs is 1. The first-order valence-corrected chi connectivity index (χ1v) is 9.12. The minimum Gasteiger partial charge on any atom is -0.508 e. The Hall–Kier alpha value is -3.60. The number of benzene rings is 3. The minimum atomic E-state index is -0.443. The molecule has 0 radical (unpaired) electrons. The summed E-state index contributed by atoms with van der Waals surface area (Å²) in [5.41, 5.74) is 6.32. The number of nitrogens with zero attached hydrogens (tertiary/aromatic N) is 1. The van der Waals surface area contributed by atoms with Gasteiger partial charge in [-0.2, -0.15) is 5.10 Å². The SMILES string of the molecule is C[C@H](/C(=N/Nc1ccccc1)c1ccc(O)cc1)[C@H]1C(=O)Oc2ccccc21. The predicted molar refractivity (Wildman–Crippen MR) is 109 cm³/mol. The number of aromatic hydroxyl groups is 1. The fraction of sp³-hybridized carbons (Fsp3) is 0.130. The predicted octanol–water partition coefficient (Wildman–Crippen LogP) is 4.55. The standard InChI is InChI=1S/C23H20N2O3/c1-15(21-19-9-5-6-10-20(19)28-23(21)27)22(16-11-13-18(26)14-12-16)25-24-17-7-3-2-4-8-17/h2-15,21,24,26H,1H3/b25-22-/t15-,21+/m0/s1. The van der Waals surface area contributed by atoms with Crippen LogP contribution in [0.2, 0.25) is 0 Å². The summed E-state index contributed by atoms with van der Waals surface area (Å²) in [6.45, 7) is 1.96. The quantitative estimate of drug-likeness (QED) is 0.298. The van der Waals surface area contributed by atoms with Crippen LogP contribution in [-0.4, -0.2) is 16.8 Å². The molecule has 0 spiro atoms. The van der Waals surface area contributed by atoms with Crippen LogP contribution < -0.4 is 10.2 Å². The second kappa shape index (κ2) is 7.56. The summed E-state index contributed by atoms with van der Waals surface area (Å²) >= 11 is 0. The maximum atomic E-state index is 12.6. The normalized spacial score (nSPS) is 17.0. The van der Waals surface area contributed by atoms with E-state index in [-0.39, 0.29) is 17.6 Å². The molecule has 0 saturated carbocycles. The lowest BCUT2D eigenvalue weighted by molar-refractivity contribution is -0.134. The zero-order valence-corrected chi connectivity index (χ0v) is 15.4. The Kier molecular flexibility index (Phi) is 4.81. The molecule has 3 aromatic rings. The number of phenolic OH excluding ortho intramolecular Hbond substituents is 1. The molecule has 0 bridgehead atoms. The first-order valence-electron chi connectivity index (χ1n) is 9.12. The summed E-state index contributed by atoms with van der Waals surface area (Å²) in [5, 5.41) is 14.3. The van der Waals surface area contributed by atoms with Gasteiger partial charge in [-0.3, -0.25) is 10.2 Å². The van der Waals surface area contributed by atoms with Crippen molar-refractivity contribution in [2.75, 3.05) is 5.43 Å². The van der Waals surface area contributed by atoms with Crippen molar-refractivity contribution >= 4 is 17.4 Å². The number of hydrogen-bond acceptors (Lipinski definition) is 5. The zero-order valence-electron chi connectivity index (χ0n) is 15.4. The van der Waals surface area contributed by atoms with Crippen LogP contribution in [0.1, 0.15) is 24.0 Å². The number of esters is 1. The maximum absolute atomic E-state index is 12.6. The fourth-order valence-corrected chi connectivity index (χ4v) is 3.46. The lowest BCUT2D eigenvalue weighted by Gasteiger charge is -2.20. The average molecular weight is 372 g/mol. The summed E-state index contributed by atoms with van der Waals surface area (Å²) in [5.74, 6) is -0.180. The topological polar surface area (TPSA) is 70.9 Å². The third-order valence-corrected chi connectivity index (χ3v) is 4.89. The van der Waals surface area contributed by atoms with E-state index >= 15 is 0 Å². The number of carbonyl (C=O) groups is 1. The van der Waals surface area contributed by atoms with Gasteiger partial charge in [0.25, 0.3) is 0 Å². The smallest absolute Gasteiger partial charge is 0.319 e. The fourth-order valence-electron chi connectivity index (χ4n) is 3.46. The molecule has 1 heterocycles. The number of phenols is 1. The molecule has 0 amide bonds. The van der Waals surface area contributed by atoms with Crippen molar-refractivity contribution in [1.82, 2.24) is 0 Å². The van der Waals surface area contributed by atoms with E-state index in [0.717, 1.165) is 16.8 Å². The van der Waals surface area contributed by atoms with Crippen molar-refractivity contribution in [3.8, 4) is 11.5 Å². The minimum absolute atomic E-state index is 0.178. The van der Waals surface area contributed by atoms with Gasteiger partial charge in [-0.25, -0.2) is 0 Å². The highest BCUT2D eigenvalue weighted by Gasteiger charge is 2.39. The van der Waals surface area contributed by atoms with E-state index in [9.17, 15) is 9.90 Å².